The normalized spacial score (nSPS) is 10.1. The molecule has 1 amide bonds. The molecular formula is C19H25ClN2O3. The minimum Gasteiger partial charge on any atom is -0.492 e. The maximum absolute atomic E-state index is 12.2. The number of ether oxygens (including phenoxy) is 2. The predicted molar refractivity (Wildman–Crippen MR) is 103 cm³/mol. The molecule has 0 fully saturated rings. The van der Waals surface area contributed by atoms with Gasteiger partial charge in [-0.3, -0.25) is 4.79 Å². The smallest absolute Gasteiger partial charge is 0.228 e. The Balaban J connectivity index is 0.00000312. The van der Waals surface area contributed by atoms with Crippen molar-refractivity contribution in [1.29, 1.82) is 0 Å². The lowest BCUT2D eigenvalue weighted by Crippen LogP contribution is -2.14. The minimum absolute atomic E-state index is 0. The molecule has 0 aromatic heterocycles. The van der Waals surface area contributed by atoms with Gasteiger partial charge in [-0.15, -0.1) is 12.4 Å². The number of amides is 1. The molecule has 0 spiro atoms. The summed E-state index contributed by atoms with van der Waals surface area (Å²) in [5, 5.41) is 2.87. The Labute approximate surface area is 154 Å². The summed E-state index contributed by atoms with van der Waals surface area (Å²) in [6, 6.07) is 14.8. The quantitative estimate of drug-likeness (QED) is 0.752. The number of hydrogen-bond donors (Lipinski definition) is 2. The molecule has 0 bridgehead atoms. The number of anilines is 1. The second kappa shape index (κ2) is 10.6. The zero-order valence-electron chi connectivity index (χ0n) is 14.5. The van der Waals surface area contributed by atoms with Crippen LogP contribution in [0.1, 0.15) is 19.4 Å². The van der Waals surface area contributed by atoms with E-state index in [1.165, 1.54) is 0 Å². The predicted octanol–water partition coefficient (Wildman–Crippen LogP) is 3.41. The lowest BCUT2D eigenvalue weighted by molar-refractivity contribution is -0.115. The van der Waals surface area contributed by atoms with Crippen LogP contribution in [-0.2, 0) is 11.2 Å². The summed E-state index contributed by atoms with van der Waals surface area (Å²) in [7, 11) is 0. The van der Waals surface area contributed by atoms with E-state index in [9.17, 15) is 4.79 Å². The van der Waals surface area contributed by atoms with Crippen LogP contribution in [0.3, 0.4) is 0 Å². The lowest BCUT2D eigenvalue weighted by Gasteiger charge is -2.11. The molecule has 6 heteroatoms. The zero-order chi connectivity index (χ0) is 17.4. The molecule has 0 heterocycles. The van der Waals surface area contributed by atoms with Crippen molar-refractivity contribution in [2.24, 2.45) is 5.73 Å². The van der Waals surface area contributed by atoms with Crippen LogP contribution in [0.15, 0.2) is 48.5 Å². The van der Waals surface area contributed by atoms with Crippen molar-refractivity contribution in [2.75, 3.05) is 18.5 Å². The summed E-state index contributed by atoms with van der Waals surface area (Å²) < 4.78 is 11.0. The highest BCUT2D eigenvalue weighted by Gasteiger charge is 2.06. The summed E-state index contributed by atoms with van der Waals surface area (Å²) in [5.41, 5.74) is 7.03. The molecule has 25 heavy (non-hydrogen) atoms. The van der Waals surface area contributed by atoms with Crippen molar-refractivity contribution in [2.45, 2.75) is 26.4 Å². The molecule has 0 aliphatic heterocycles. The van der Waals surface area contributed by atoms with E-state index in [2.05, 4.69) is 5.32 Å². The maximum atomic E-state index is 12.2. The molecule has 2 aromatic carbocycles. The van der Waals surface area contributed by atoms with E-state index in [-0.39, 0.29) is 24.4 Å². The van der Waals surface area contributed by atoms with Crippen LogP contribution in [0.2, 0.25) is 0 Å². The lowest BCUT2D eigenvalue weighted by atomic mass is 10.1. The fraction of sp³-hybridized carbons (Fsp3) is 0.316. The number of benzene rings is 2. The van der Waals surface area contributed by atoms with Gasteiger partial charge < -0.3 is 20.5 Å². The molecule has 0 unspecified atom stereocenters. The van der Waals surface area contributed by atoms with Crippen LogP contribution in [0.5, 0.6) is 11.5 Å². The summed E-state index contributed by atoms with van der Waals surface area (Å²) in [5.74, 6) is 1.43. The topological polar surface area (TPSA) is 73.6 Å². The number of carbonyl (C=O) groups is 1. The Morgan fingerprint density at radius 1 is 1.12 bits per heavy atom. The van der Waals surface area contributed by atoms with E-state index >= 15 is 0 Å². The van der Waals surface area contributed by atoms with Crippen molar-refractivity contribution < 1.29 is 14.3 Å². The van der Waals surface area contributed by atoms with Crippen molar-refractivity contribution in [3.8, 4) is 11.5 Å². The molecule has 136 valence electrons. The fourth-order valence-electron chi connectivity index (χ4n) is 2.20. The third-order valence-electron chi connectivity index (χ3n) is 3.16. The third-order valence-corrected chi connectivity index (χ3v) is 3.16. The van der Waals surface area contributed by atoms with Gasteiger partial charge in [-0.1, -0.05) is 12.1 Å². The second-order valence-electron chi connectivity index (χ2n) is 5.70. The molecule has 0 radical (unpaired) electrons. The summed E-state index contributed by atoms with van der Waals surface area (Å²) in [4.78, 5) is 12.2. The number of nitrogens with two attached hydrogens (primary N) is 1. The van der Waals surface area contributed by atoms with Gasteiger partial charge in [0.05, 0.1) is 12.5 Å². The highest BCUT2D eigenvalue weighted by molar-refractivity contribution is 5.92. The van der Waals surface area contributed by atoms with Crippen LogP contribution in [0, 0.1) is 0 Å². The van der Waals surface area contributed by atoms with Gasteiger partial charge in [0.2, 0.25) is 5.91 Å². The van der Waals surface area contributed by atoms with Gasteiger partial charge in [-0.25, -0.2) is 0 Å². The Bertz CT molecular complexity index is 660. The molecule has 0 atom stereocenters. The highest BCUT2D eigenvalue weighted by Crippen LogP contribution is 2.18. The molecule has 2 rings (SSSR count). The third kappa shape index (κ3) is 7.45. The standard InChI is InChI=1S/C19H24N2O3.ClH/c1-14(2)24-18-5-3-4-15(12-18)13-19(22)21-16-6-8-17(9-7-16)23-11-10-20;/h3-9,12,14H,10-11,13,20H2,1-2H3,(H,21,22);1H. The first-order valence-corrected chi connectivity index (χ1v) is 8.05. The Morgan fingerprint density at radius 3 is 2.48 bits per heavy atom. The summed E-state index contributed by atoms with van der Waals surface area (Å²) in [6.45, 7) is 4.89. The second-order valence-corrected chi connectivity index (χ2v) is 5.70. The van der Waals surface area contributed by atoms with Crippen molar-refractivity contribution in [1.82, 2.24) is 0 Å². The summed E-state index contributed by atoms with van der Waals surface area (Å²) in [6.07, 6.45) is 0.398. The number of nitrogens with one attached hydrogen (secondary N) is 1. The Hall–Kier alpha value is -2.24. The SMILES string of the molecule is CC(C)Oc1cccc(CC(=O)Nc2ccc(OCCN)cc2)c1.Cl. The van der Waals surface area contributed by atoms with Crippen LogP contribution >= 0.6 is 12.4 Å². The number of halogens is 1. The van der Waals surface area contributed by atoms with Crippen LogP contribution in [0.4, 0.5) is 5.69 Å². The van der Waals surface area contributed by atoms with E-state index in [0.717, 1.165) is 22.7 Å². The van der Waals surface area contributed by atoms with Gasteiger partial charge in [0.15, 0.2) is 0 Å². The van der Waals surface area contributed by atoms with Gasteiger partial charge in [0.25, 0.3) is 0 Å². The van der Waals surface area contributed by atoms with E-state index in [4.69, 9.17) is 15.2 Å². The zero-order valence-corrected chi connectivity index (χ0v) is 15.3. The van der Waals surface area contributed by atoms with Crippen molar-refractivity contribution >= 4 is 24.0 Å². The summed E-state index contributed by atoms with van der Waals surface area (Å²) >= 11 is 0. The van der Waals surface area contributed by atoms with Gasteiger partial charge in [0, 0.05) is 12.2 Å². The van der Waals surface area contributed by atoms with Gasteiger partial charge >= 0.3 is 0 Å². The Morgan fingerprint density at radius 2 is 1.84 bits per heavy atom. The molecule has 5 nitrogen and oxygen atoms in total. The van der Waals surface area contributed by atoms with Crippen LogP contribution < -0.4 is 20.5 Å². The minimum atomic E-state index is -0.0766. The van der Waals surface area contributed by atoms with E-state index in [1.54, 1.807) is 0 Å². The van der Waals surface area contributed by atoms with E-state index in [0.29, 0.717) is 19.6 Å². The molecule has 0 aliphatic rings. The fourth-order valence-corrected chi connectivity index (χ4v) is 2.20. The molecule has 0 aliphatic carbocycles. The monoisotopic (exact) mass is 364 g/mol. The first-order valence-electron chi connectivity index (χ1n) is 8.05. The van der Waals surface area contributed by atoms with Gasteiger partial charge in [-0.05, 0) is 55.8 Å². The molecule has 0 saturated heterocycles. The molecule has 0 saturated carbocycles. The number of rotatable bonds is 8. The highest BCUT2D eigenvalue weighted by atomic mass is 35.5. The molecule has 2 aromatic rings. The van der Waals surface area contributed by atoms with Gasteiger partial charge in [0.1, 0.15) is 18.1 Å². The number of carbonyl (C=O) groups excluding carboxylic acids is 1. The first-order chi connectivity index (χ1) is 11.6. The molecular weight excluding hydrogens is 340 g/mol. The van der Waals surface area contributed by atoms with Gasteiger partial charge in [-0.2, -0.15) is 0 Å². The molecule has 3 N–H and O–H groups in total. The van der Waals surface area contributed by atoms with E-state index in [1.807, 2.05) is 62.4 Å². The van der Waals surface area contributed by atoms with Crippen LogP contribution in [0.25, 0.3) is 0 Å². The van der Waals surface area contributed by atoms with Crippen molar-refractivity contribution in [3.05, 3.63) is 54.1 Å². The Kier molecular flexibility index (Phi) is 8.81. The first kappa shape index (κ1) is 20.8. The van der Waals surface area contributed by atoms with Crippen molar-refractivity contribution in [3.63, 3.8) is 0 Å². The van der Waals surface area contributed by atoms with Crippen LogP contribution in [-0.4, -0.2) is 25.2 Å². The largest absolute Gasteiger partial charge is 0.492 e. The maximum Gasteiger partial charge on any atom is 0.228 e. The van der Waals surface area contributed by atoms with E-state index < -0.39 is 0 Å². The average Bonchev–Trinajstić information content (AvgIpc) is 2.54. The average molecular weight is 365 g/mol. The number of hydrogen-bond acceptors (Lipinski definition) is 4.